The zero-order valence-electron chi connectivity index (χ0n) is 7.63. The van der Waals surface area contributed by atoms with Gasteiger partial charge >= 0.3 is 6.18 Å². The van der Waals surface area contributed by atoms with E-state index in [1.54, 1.807) is 0 Å². The molecule has 14 heavy (non-hydrogen) atoms. The van der Waals surface area contributed by atoms with Crippen LogP contribution in [0.5, 0.6) is 0 Å². The van der Waals surface area contributed by atoms with Crippen LogP contribution in [0.25, 0.3) is 0 Å². The second-order valence-corrected chi connectivity index (χ2v) is 2.94. The topological polar surface area (TPSA) is 14.2 Å². The first-order valence-corrected chi connectivity index (χ1v) is 4.33. The Balaban J connectivity index is 2.00. The van der Waals surface area contributed by atoms with Gasteiger partial charge in [0.05, 0.1) is 0 Å². The lowest BCUT2D eigenvalue weighted by atomic mass is 10.4. The Bertz CT molecular complexity index is 243. The molecule has 1 rings (SSSR count). The molecule has 0 aliphatic heterocycles. The predicted octanol–water partition coefficient (Wildman–Crippen LogP) is 2.46. The van der Waals surface area contributed by atoms with Gasteiger partial charge in [-0.05, 0) is 18.6 Å². The van der Waals surface area contributed by atoms with E-state index in [0.29, 0.717) is 13.0 Å². The van der Waals surface area contributed by atoms with Crippen LogP contribution in [0.2, 0.25) is 0 Å². The molecule has 1 aromatic heterocycles. The normalized spacial score (nSPS) is 11.9. The molecule has 0 saturated carbocycles. The number of hydrogen-bond donors (Lipinski definition) is 0. The molecule has 0 spiro atoms. The highest BCUT2D eigenvalue weighted by Gasteiger charge is 2.27. The summed E-state index contributed by atoms with van der Waals surface area (Å²) in [6.45, 7) is -0.332. The average molecular weight is 207 g/mol. The lowest BCUT2D eigenvalue weighted by Crippen LogP contribution is -2.17. The number of rotatable bonds is 5. The summed E-state index contributed by atoms with van der Waals surface area (Å²) >= 11 is 0. The van der Waals surface area contributed by atoms with E-state index in [1.807, 2.05) is 29.1 Å². The summed E-state index contributed by atoms with van der Waals surface area (Å²) in [5.41, 5.74) is 0. The average Bonchev–Trinajstić information content (AvgIpc) is 2.54. The van der Waals surface area contributed by atoms with Crippen molar-refractivity contribution in [2.75, 3.05) is 13.2 Å². The lowest BCUT2D eigenvalue weighted by Gasteiger charge is -2.07. The Morgan fingerprint density at radius 3 is 2.36 bits per heavy atom. The van der Waals surface area contributed by atoms with E-state index >= 15 is 0 Å². The number of halogens is 3. The molecule has 2 nitrogen and oxygen atoms in total. The van der Waals surface area contributed by atoms with Gasteiger partial charge in [0.2, 0.25) is 0 Å². The van der Waals surface area contributed by atoms with Crippen molar-refractivity contribution < 1.29 is 17.9 Å². The minimum absolute atomic E-state index is 0.137. The maximum atomic E-state index is 11.6. The van der Waals surface area contributed by atoms with Crippen LogP contribution in [0.15, 0.2) is 24.5 Å². The number of alkyl halides is 3. The molecule has 1 heterocycles. The number of aromatic nitrogens is 1. The Hall–Kier alpha value is -0.970. The van der Waals surface area contributed by atoms with E-state index < -0.39 is 12.8 Å². The van der Waals surface area contributed by atoms with E-state index in [1.165, 1.54) is 0 Å². The van der Waals surface area contributed by atoms with Crippen LogP contribution in [0, 0.1) is 0 Å². The van der Waals surface area contributed by atoms with Gasteiger partial charge in [0.25, 0.3) is 0 Å². The largest absolute Gasteiger partial charge is 0.411 e. The van der Waals surface area contributed by atoms with Crippen LogP contribution in [0.1, 0.15) is 6.42 Å². The van der Waals surface area contributed by atoms with Gasteiger partial charge in [0.15, 0.2) is 0 Å². The van der Waals surface area contributed by atoms with Crippen molar-refractivity contribution in [2.45, 2.75) is 19.1 Å². The van der Waals surface area contributed by atoms with Crippen molar-refractivity contribution in [3.05, 3.63) is 24.5 Å². The summed E-state index contributed by atoms with van der Waals surface area (Å²) in [4.78, 5) is 0. The van der Waals surface area contributed by atoms with Gasteiger partial charge in [-0.1, -0.05) is 0 Å². The van der Waals surface area contributed by atoms with E-state index in [9.17, 15) is 13.2 Å². The molecule has 0 unspecified atom stereocenters. The van der Waals surface area contributed by atoms with Crippen LogP contribution < -0.4 is 0 Å². The molecule has 0 aliphatic carbocycles. The van der Waals surface area contributed by atoms with Crippen molar-refractivity contribution in [1.82, 2.24) is 4.57 Å². The lowest BCUT2D eigenvalue weighted by molar-refractivity contribution is -0.174. The fourth-order valence-corrected chi connectivity index (χ4v) is 1.06. The number of nitrogens with zero attached hydrogens (tertiary/aromatic N) is 1. The van der Waals surface area contributed by atoms with Crippen molar-refractivity contribution in [3.63, 3.8) is 0 Å². The minimum atomic E-state index is -4.21. The van der Waals surface area contributed by atoms with Crippen LogP contribution in [0.4, 0.5) is 13.2 Å². The molecule has 0 saturated heterocycles. The molecule has 0 radical (unpaired) electrons. The van der Waals surface area contributed by atoms with Crippen molar-refractivity contribution >= 4 is 0 Å². The summed E-state index contributed by atoms with van der Waals surface area (Å²) in [6, 6.07) is 3.74. The molecule has 80 valence electrons. The smallest absolute Gasteiger partial charge is 0.372 e. The summed E-state index contributed by atoms with van der Waals surface area (Å²) in [6.07, 6.45) is 0.103. The van der Waals surface area contributed by atoms with E-state index in [-0.39, 0.29) is 6.61 Å². The first-order valence-electron chi connectivity index (χ1n) is 4.33. The first-order chi connectivity index (χ1) is 6.58. The van der Waals surface area contributed by atoms with Crippen molar-refractivity contribution in [2.24, 2.45) is 0 Å². The summed E-state index contributed by atoms with van der Waals surface area (Å²) in [5, 5.41) is 0. The van der Waals surface area contributed by atoms with E-state index in [4.69, 9.17) is 0 Å². The number of hydrogen-bond acceptors (Lipinski definition) is 1. The Morgan fingerprint density at radius 2 is 1.79 bits per heavy atom. The molecule has 0 amide bonds. The molecule has 0 bridgehead atoms. The van der Waals surface area contributed by atoms with Gasteiger partial charge in [-0.2, -0.15) is 13.2 Å². The number of aryl methyl sites for hydroxylation is 1. The summed E-state index contributed by atoms with van der Waals surface area (Å²) in [5.74, 6) is 0. The van der Waals surface area contributed by atoms with Crippen LogP contribution in [0.3, 0.4) is 0 Å². The van der Waals surface area contributed by atoms with Gasteiger partial charge < -0.3 is 9.30 Å². The monoisotopic (exact) mass is 207 g/mol. The predicted molar refractivity (Wildman–Crippen MR) is 45.9 cm³/mol. The van der Waals surface area contributed by atoms with Crippen LogP contribution >= 0.6 is 0 Å². The highest BCUT2D eigenvalue weighted by atomic mass is 19.4. The Morgan fingerprint density at radius 1 is 1.14 bits per heavy atom. The Kier molecular flexibility index (Phi) is 4.00. The fourth-order valence-electron chi connectivity index (χ4n) is 1.06. The van der Waals surface area contributed by atoms with E-state index in [0.717, 1.165) is 0 Å². The molecular formula is C9H12F3NO. The van der Waals surface area contributed by atoms with Crippen LogP contribution in [-0.4, -0.2) is 24.0 Å². The maximum Gasteiger partial charge on any atom is 0.411 e. The van der Waals surface area contributed by atoms with Crippen molar-refractivity contribution in [1.29, 1.82) is 0 Å². The third kappa shape index (κ3) is 4.91. The molecule has 0 aromatic carbocycles. The van der Waals surface area contributed by atoms with Gasteiger partial charge in [-0.3, -0.25) is 0 Å². The third-order valence-electron chi connectivity index (χ3n) is 1.64. The first kappa shape index (κ1) is 11.1. The molecule has 5 heteroatoms. The van der Waals surface area contributed by atoms with E-state index in [2.05, 4.69) is 4.74 Å². The van der Waals surface area contributed by atoms with Gasteiger partial charge in [0, 0.05) is 25.5 Å². The highest BCUT2D eigenvalue weighted by molar-refractivity contribution is 4.89. The Labute approximate surface area is 80.3 Å². The van der Waals surface area contributed by atoms with Crippen LogP contribution in [-0.2, 0) is 11.3 Å². The standard InChI is InChI=1S/C9H12F3NO/c10-9(11,12)8-14-7-3-6-13-4-1-2-5-13/h1-2,4-5H,3,6-8H2. The minimum Gasteiger partial charge on any atom is -0.372 e. The quantitative estimate of drug-likeness (QED) is 0.676. The molecule has 1 aromatic rings. The maximum absolute atomic E-state index is 11.6. The molecular weight excluding hydrogens is 195 g/mol. The zero-order chi connectivity index (χ0) is 10.4. The molecule has 0 aliphatic rings. The molecule has 0 fully saturated rings. The van der Waals surface area contributed by atoms with Gasteiger partial charge in [-0.25, -0.2) is 0 Å². The second-order valence-electron chi connectivity index (χ2n) is 2.94. The van der Waals surface area contributed by atoms with Gasteiger partial charge in [-0.15, -0.1) is 0 Å². The highest BCUT2D eigenvalue weighted by Crippen LogP contribution is 2.14. The SMILES string of the molecule is FC(F)(F)COCCCn1cccc1. The molecule has 0 N–H and O–H groups in total. The molecule has 0 atom stereocenters. The fraction of sp³-hybridized carbons (Fsp3) is 0.556. The summed E-state index contributed by atoms with van der Waals surface area (Å²) < 4.78 is 41.2. The second kappa shape index (κ2) is 5.05. The van der Waals surface area contributed by atoms with Gasteiger partial charge in [0.1, 0.15) is 6.61 Å². The third-order valence-corrected chi connectivity index (χ3v) is 1.64. The zero-order valence-corrected chi connectivity index (χ0v) is 7.63. The van der Waals surface area contributed by atoms with Crippen molar-refractivity contribution in [3.8, 4) is 0 Å². The summed E-state index contributed by atoms with van der Waals surface area (Å²) in [7, 11) is 0. The number of ether oxygens (including phenoxy) is 1.